The molecule has 0 aromatic heterocycles. The van der Waals surface area contributed by atoms with Crippen molar-refractivity contribution in [3.8, 4) is 17.2 Å². The van der Waals surface area contributed by atoms with E-state index in [9.17, 15) is 5.11 Å². The third-order valence-electron chi connectivity index (χ3n) is 2.19. The fourth-order valence-corrected chi connectivity index (χ4v) is 1.55. The Kier molecular flexibility index (Phi) is 2.00. The Hall–Kier alpha value is -1.38. The van der Waals surface area contributed by atoms with Gasteiger partial charge in [-0.25, -0.2) is 0 Å². The van der Waals surface area contributed by atoms with Crippen LogP contribution in [0.15, 0.2) is 12.1 Å². The first-order chi connectivity index (χ1) is 6.31. The van der Waals surface area contributed by atoms with Gasteiger partial charge in [0.2, 0.25) is 0 Å². The maximum absolute atomic E-state index is 9.56. The first-order valence-electron chi connectivity index (χ1n) is 4.34. The van der Waals surface area contributed by atoms with Crippen molar-refractivity contribution in [2.75, 3.05) is 13.7 Å². The normalized spacial score (nSPS) is 14.5. The summed E-state index contributed by atoms with van der Waals surface area (Å²) in [4.78, 5) is 0. The Balaban J connectivity index is 2.47. The molecule has 0 aliphatic carbocycles. The Bertz CT molecular complexity index is 320. The van der Waals surface area contributed by atoms with Crippen LogP contribution in [0.4, 0.5) is 0 Å². The molecule has 13 heavy (non-hydrogen) atoms. The number of ether oxygens (including phenoxy) is 2. The largest absolute Gasteiger partial charge is 0.504 e. The van der Waals surface area contributed by atoms with Gasteiger partial charge in [0.25, 0.3) is 0 Å². The molecular formula is C10H12O3. The van der Waals surface area contributed by atoms with E-state index in [4.69, 9.17) is 9.47 Å². The van der Waals surface area contributed by atoms with E-state index < -0.39 is 0 Å². The lowest BCUT2D eigenvalue weighted by Gasteiger charge is -2.18. The lowest BCUT2D eigenvalue weighted by Crippen LogP contribution is -2.08. The summed E-state index contributed by atoms with van der Waals surface area (Å²) in [5, 5.41) is 9.56. The average molecular weight is 180 g/mol. The molecule has 0 bridgehead atoms. The van der Waals surface area contributed by atoms with Crippen molar-refractivity contribution in [1.29, 1.82) is 0 Å². The second-order valence-corrected chi connectivity index (χ2v) is 3.09. The molecule has 70 valence electrons. The first kappa shape index (κ1) is 8.23. The van der Waals surface area contributed by atoms with Gasteiger partial charge in [0.1, 0.15) is 5.75 Å². The molecule has 1 N–H and O–H groups in total. The van der Waals surface area contributed by atoms with Gasteiger partial charge in [-0.15, -0.1) is 0 Å². The lowest BCUT2D eigenvalue weighted by molar-refractivity contribution is 0.271. The lowest BCUT2D eigenvalue weighted by atomic mass is 10.1. The number of hydrogen-bond acceptors (Lipinski definition) is 3. The fourth-order valence-electron chi connectivity index (χ4n) is 1.55. The van der Waals surface area contributed by atoms with Crippen LogP contribution in [-0.2, 0) is 6.42 Å². The molecule has 1 aromatic rings. The van der Waals surface area contributed by atoms with Crippen LogP contribution in [0.3, 0.4) is 0 Å². The Morgan fingerprint density at radius 1 is 1.46 bits per heavy atom. The molecular weight excluding hydrogens is 168 g/mol. The van der Waals surface area contributed by atoms with Crippen LogP contribution in [0.1, 0.15) is 12.0 Å². The summed E-state index contributed by atoms with van der Waals surface area (Å²) in [5.74, 6) is 1.47. The van der Waals surface area contributed by atoms with Crippen LogP contribution >= 0.6 is 0 Å². The minimum absolute atomic E-state index is 0.175. The number of hydrogen-bond donors (Lipinski definition) is 1. The van der Waals surface area contributed by atoms with E-state index in [-0.39, 0.29) is 5.75 Å². The first-order valence-corrected chi connectivity index (χ1v) is 4.34. The number of benzene rings is 1. The maximum Gasteiger partial charge on any atom is 0.164 e. The zero-order valence-corrected chi connectivity index (χ0v) is 7.54. The summed E-state index contributed by atoms with van der Waals surface area (Å²) in [6.45, 7) is 0.687. The molecule has 1 aliphatic rings. The van der Waals surface area contributed by atoms with Gasteiger partial charge in [-0.1, -0.05) is 0 Å². The fraction of sp³-hybridized carbons (Fsp3) is 0.400. The van der Waals surface area contributed by atoms with Crippen LogP contribution in [-0.4, -0.2) is 18.8 Å². The van der Waals surface area contributed by atoms with E-state index in [1.807, 2.05) is 6.07 Å². The van der Waals surface area contributed by atoms with Gasteiger partial charge in [0.15, 0.2) is 11.5 Å². The van der Waals surface area contributed by atoms with Crippen LogP contribution < -0.4 is 9.47 Å². The molecule has 1 aliphatic heterocycles. The number of methoxy groups -OCH3 is 1. The molecule has 0 radical (unpaired) electrons. The zero-order valence-electron chi connectivity index (χ0n) is 7.54. The molecule has 0 saturated heterocycles. The summed E-state index contributed by atoms with van der Waals surface area (Å²) in [5.41, 5.74) is 1.03. The summed E-state index contributed by atoms with van der Waals surface area (Å²) < 4.78 is 10.4. The van der Waals surface area contributed by atoms with Crippen LogP contribution in [0.2, 0.25) is 0 Å². The van der Waals surface area contributed by atoms with E-state index in [0.717, 1.165) is 18.4 Å². The third kappa shape index (κ3) is 1.41. The van der Waals surface area contributed by atoms with Crippen LogP contribution in [0.5, 0.6) is 17.2 Å². The molecule has 3 nitrogen and oxygen atoms in total. The summed E-state index contributed by atoms with van der Waals surface area (Å²) in [6, 6.07) is 3.48. The van der Waals surface area contributed by atoms with Gasteiger partial charge in [-0.3, -0.25) is 0 Å². The number of aromatic hydroxyl groups is 1. The van der Waals surface area contributed by atoms with Crippen molar-refractivity contribution in [3.63, 3.8) is 0 Å². The van der Waals surface area contributed by atoms with Crippen molar-refractivity contribution >= 4 is 0 Å². The number of aryl methyl sites for hydroxylation is 1. The third-order valence-corrected chi connectivity index (χ3v) is 2.19. The van der Waals surface area contributed by atoms with Gasteiger partial charge < -0.3 is 14.6 Å². The van der Waals surface area contributed by atoms with E-state index in [1.165, 1.54) is 0 Å². The van der Waals surface area contributed by atoms with Crippen molar-refractivity contribution in [1.82, 2.24) is 0 Å². The predicted molar refractivity (Wildman–Crippen MR) is 48.5 cm³/mol. The Labute approximate surface area is 76.9 Å². The smallest absolute Gasteiger partial charge is 0.164 e. The highest BCUT2D eigenvalue weighted by molar-refractivity contribution is 5.51. The maximum atomic E-state index is 9.56. The number of phenols is 1. The van der Waals surface area contributed by atoms with E-state index in [1.54, 1.807) is 13.2 Å². The van der Waals surface area contributed by atoms with Gasteiger partial charge in [-0.05, 0) is 18.9 Å². The number of rotatable bonds is 1. The molecule has 0 unspecified atom stereocenters. The van der Waals surface area contributed by atoms with Gasteiger partial charge in [-0.2, -0.15) is 0 Å². The second kappa shape index (κ2) is 3.17. The second-order valence-electron chi connectivity index (χ2n) is 3.09. The minimum atomic E-state index is 0.175. The molecule has 3 heteroatoms. The van der Waals surface area contributed by atoms with Crippen LogP contribution in [0.25, 0.3) is 0 Å². The Morgan fingerprint density at radius 3 is 3.08 bits per heavy atom. The SMILES string of the molecule is COc1cc(O)c2c(c1)CCCO2. The predicted octanol–water partition coefficient (Wildman–Crippen LogP) is 1.73. The summed E-state index contributed by atoms with van der Waals surface area (Å²) in [6.07, 6.45) is 1.94. The summed E-state index contributed by atoms with van der Waals surface area (Å²) >= 11 is 0. The Morgan fingerprint density at radius 2 is 2.31 bits per heavy atom. The average Bonchev–Trinajstić information content (AvgIpc) is 2.18. The highest BCUT2D eigenvalue weighted by Gasteiger charge is 2.15. The van der Waals surface area contributed by atoms with Gasteiger partial charge >= 0.3 is 0 Å². The molecule has 0 fully saturated rings. The van der Waals surface area contributed by atoms with E-state index in [0.29, 0.717) is 18.1 Å². The minimum Gasteiger partial charge on any atom is -0.504 e. The highest BCUT2D eigenvalue weighted by atomic mass is 16.5. The van der Waals surface area contributed by atoms with Crippen molar-refractivity contribution in [2.24, 2.45) is 0 Å². The monoisotopic (exact) mass is 180 g/mol. The van der Waals surface area contributed by atoms with E-state index in [2.05, 4.69) is 0 Å². The number of fused-ring (bicyclic) bond motifs is 1. The molecule has 0 atom stereocenters. The van der Waals surface area contributed by atoms with Crippen LogP contribution in [0, 0.1) is 0 Å². The van der Waals surface area contributed by atoms with Crippen molar-refractivity contribution < 1.29 is 14.6 Å². The molecule has 0 amide bonds. The standard InChI is InChI=1S/C10H12O3/c1-12-8-5-7-3-2-4-13-10(7)9(11)6-8/h5-6,11H,2-4H2,1H3. The highest BCUT2D eigenvalue weighted by Crippen LogP contribution is 2.37. The van der Waals surface area contributed by atoms with E-state index >= 15 is 0 Å². The molecule has 0 saturated carbocycles. The quantitative estimate of drug-likeness (QED) is 0.715. The van der Waals surface area contributed by atoms with Crippen molar-refractivity contribution in [3.05, 3.63) is 17.7 Å². The molecule has 0 spiro atoms. The molecule has 1 aromatic carbocycles. The van der Waals surface area contributed by atoms with Crippen molar-refractivity contribution in [2.45, 2.75) is 12.8 Å². The topological polar surface area (TPSA) is 38.7 Å². The zero-order chi connectivity index (χ0) is 9.26. The van der Waals surface area contributed by atoms with Gasteiger partial charge in [0, 0.05) is 11.6 Å². The molecule has 2 rings (SSSR count). The summed E-state index contributed by atoms with van der Waals surface area (Å²) in [7, 11) is 1.59. The number of phenolic OH excluding ortho intramolecular Hbond substituents is 1. The molecule has 1 heterocycles. The van der Waals surface area contributed by atoms with Gasteiger partial charge in [0.05, 0.1) is 13.7 Å².